The zero-order valence-electron chi connectivity index (χ0n) is 9.11. The van der Waals surface area contributed by atoms with Crippen LogP contribution in [0.5, 0.6) is 5.75 Å². The van der Waals surface area contributed by atoms with Crippen LogP contribution in [0, 0.1) is 0 Å². The lowest BCUT2D eigenvalue weighted by Crippen LogP contribution is -2.25. The molecule has 0 bridgehead atoms. The lowest BCUT2D eigenvalue weighted by molar-refractivity contribution is 0.0255. The van der Waals surface area contributed by atoms with Gasteiger partial charge in [0.15, 0.2) is 0 Å². The summed E-state index contributed by atoms with van der Waals surface area (Å²) in [6, 6.07) is 3.95. The molecule has 1 saturated heterocycles. The Morgan fingerprint density at radius 2 is 2.27 bits per heavy atom. The van der Waals surface area contributed by atoms with Gasteiger partial charge in [0.1, 0.15) is 11.9 Å². The SMILES string of the molecule is CCc1cc(OC2CCOCC2)ccn1. The molecule has 0 spiro atoms. The molecule has 0 radical (unpaired) electrons. The van der Waals surface area contributed by atoms with Crippen LogP contribution in [0.25, 0.3) is 0 Å². The average molecular weight is 207 g/mol. The smallest absolute Gasteiger partial charge is 0.123 e. The molecule has 1 aromatic heterocycles. The first-order valence-electron chi connectivity index (χ1n) is 5.58. The molecule has 0 N–H and O–H groups in total. The van der Waals surface area contributed by atoms with Crippen LogP contribution in [-0.2, 0) is 11.2 Å². The Bertz CT molecular complexity index is 308. The summed E-state index contributed by atoms with van der Waals surface area (Å²) >= 11 is 0. The third-order valence-corrected chi connectivity index (χ3v) is 2.62. The number of nitrogens with zero attached hydrogens (tertiary/aromatic N) is 1. The summed E-state index contributed by atoms with van der Waals surface area (Å²) in [6.45, 7) is 3.73. The van der Waals surface area contributed by atoms with Crippen LogP contribution in [0.4, 0.5) is 0 Å². The van der Waals surface area contributed by atoms with Crippen molar-refractivity contribution in [1.82, 2.24) is 4.98 Å². The van der Waals surface area contributed by atoms with E-state index in [4.69, 9.17) is 9.47 Å². The molecule has 15 heavy (non-hydrogen) atoms. The number of hydrogen-bond acceptors (Lipinski definition) is 3. The largest absolute Gasteiger partial charge is 0.490 e. The van der Waals surface area contributed by atoms with Gasteiger partial charge in [-0.15, -0.1) is 0 Å². The molecule has 0 aromatic carbocycles. The van der Waals surface area contributed by atoms with Crippen molar-refractivity contribution in [3.63, 3.8) is 0 Å². The van der Waals surface area contributed by atoms with E-state index >= 15 is 0 Å². The van der Waals surface area contributed by atoms with Gasteiger partial charge in [-0.1, -0.05) is 6.92 Å². The van der Waals surface area contributed by atoms with E-state index in [9.17, 15) is 0 Å². The van der Waals surface area contributed by atoms with Crippen molar-refractivity contribution in [3.05, 3.63) is 24.0 Å². The van der Waals surface area contributed by atoms with Gasteiger partial charge < -0.3 is 9.47 Å². The van der Waals surface area contributed by atoms with Gasteiger partial charge in [0.2, 0.25) is 0 Å². The first-order valence-corrected chi connectivity index (χ1v) is 5.58. The minimum Gasteiger partial charge on any atom is -0.490 e. The number of aryl methyl sites for hydroxylation is 1. The predicted octanol–water partition coefficient (Wildman–Crippen LogP) is 2.20. The lowest BCUT2D eigenvalue weighted by Gasteiger charge is -2.23. The highest BCUT2D eigenvalue weighted by Gasteiger charge is 2.15. The molecule has 0 atom stereocenters. The molecular weight excluding hydrogens is 190 g/mol. The van der Waals surface area contributed by atoms with Gasteiger partial charge in [0.25, 0.3) is 0 Å². The van der Waals surface area contributed by atoms with Gasteiger partial charge in [-0.2, -0.15) is 0 Å². The highest BCUT2D eigenvalue weighted by Crippen LogP contribution is 2.18. The Labute approximate surface area is 90.4 Å². The van der Waals surface area contributed by atoms with E-state index in [0.717, 1.165) is 43.9 Å². The van der Waals surface area contributed by atoms with E-state index < -0.39 is 0 Å². The standard InChI is InChI=1S/C12H17NO2/c1-2-10-9-12(3-6-13-10)15-11-4-7-14-8-5-11/h3,6,9,11H,2,4-5,7-8H2,1H3. The maximum atomic E-state index is 5.88. The fourth-order valence-electron chi connectivity index (χ4n) is 1.71. The first kappa shape index (κ1) is 10.4. The molecule has 2 rings (SSSR count). The molecule has 2 heterocycles. The Balaban J connectivity index is 1.96. The number of hydrogen-bond donors (Lipinski definition) is 0. The molecule has 1 aromatic rings. The maximum absolute atomic E-state index is 5.88. The fraction of sp³-hybridized carbons (Fsp3) is 0.583. The van der Waals surface area contributed by atoms with E-state index in [0.29, 0.717) is 6.10 Å². The molecule has 1 fully saturated rings. The van der Waals surface area contributed by atoms with Gasteiger partial charge in [-0.3, -0.25) is 4.98 Å². The summed E-state index contributed by atoms with van der Waals surface area (Å²) in [5.41, 5.74) is 1.08. The van der Waals surface area contributed by atoms with E-state index in [1.807, 2.05) is 18.3 Å². The van der Waals surface area contributed by atoms with Crippen LogP contribution in [0.3, 0.4) is 0 Å². The number of pyridine rings is 1. The molecule has 0 unspecified atom stereocenters. The summed E-state index contributed by atoms with van der Waals surface area (Å²) in [5.74, 6) is 0.939. The molecule has 82 valence electrons. The van der Waals surface area contributed by atoms with Crippen molar-refractivity contribution < 1.29 is 9.47 Å². The van der Waals surface area contributed by atoms with Gasteiger partial charge in [-0.25, -0.2) is 0 Å². The second-order valence-electron chi connectivity index (χ2n) is 3.77. The van der Waals surface area contributed by atoms with Crippen molar-refractivity contribution in [3.8, 4) is 5.75 Å². The zero-order chi connectivity index (χ0) is 10.5. The van der Waals surface area contributed by atoms with Crippen LogP contribution in [0.15, 0.2) is 18.3 Å². The Morgan fingerprint density at radius 1 is 1.47 bits per heavy atom. The highest BCUT2D eigenvalue weighted by molar-refractivity contribution is 5.22. The number of rotatable bonds is 3. The van der Waals surface area contributed by atoms with Crippen LogP contribution in [0.2, 0.25) is 0 Å². The first-order chi connectivity index (χ1) is 7.38. The zero-order valence-corrected chi connectivity index (χ0v) is 9.11. The highest BCUT2D eigenvalue weighted by atomic mass is 16.5. The van der Waals surface area contributed by atoms with Crippen LogP contribution in [-0.4, -0.2) is 24.3 Å². The Morgan fingerprint density at radius 3 is 3.00 bits per heavy atom. The maximum Gasteiger partial charge on any atom is 0.123 e. The molecule has 1 aliphatic rings. The molecule has 0 aliphatic carbocycles. The molecule has 0 saturated carbocycles. The van der Waals surface area contributed by atoms with E-state index in [1.165, 1.54) is 0 Å². The van der Waals surface area contributed by atoms with E-state index in [1.54, 1.807) is 0 Å². The topological polar surface area (TPSA) is 31.4 Å². The molecule has 3 nitrogen and oxygen atoms in total. The van der Waals surface area contributed by atoms with Crippen LogP contribution >= 0.6 is 0 Å². The van der Waals surface area contributed by atoms with Gasteiger partial charge in [0.05, 0.1) is 13.2 Å². The van der Waals surface area contributed by atoms with Gasteiger partial charge >= 0.3 is 0 Å². The molecule has 3 heteroatoms. The van der Waals surface area contributed by atoms with Crippen molar-refractivity contribution in [1.29, 1.82) is 0 Å². The lowest BCUT2D eigenvalue weighted by atomic mass is 10.1. The second kappa shape index (κ2) is 5.12. The summed E-state index contributed by atoms with van der Waals surface area (Å²) in [5, 5.41) is 0. The van der Waals surface area contributed by atoms with Crippen LogP contribution < -0.4 is 4.74 Å². The van der Waals surface area contributed by atoms with Gasteiger partial charge in [0, 0.05) is 30.8 Å². The van der Waals surface area contributed by atoms with Crippen molar-refractivity contribution in [2.24, 2.45) is 0 Å². The molecule has 0 amide bonds. The van der Waals surface area contributed by atoms with Crippen LogP contribution in [0.1, 0.15) is 25.5 Å². The van der Waals surface area contributed by atoms with Gasteiger partial charge in [-0.05, 0) is 12.5 Å². The Kier molecular flexibility index (Phi) is 3.56. The predicted molar refractivity (Wildman–Crippen MR) is 58.1 cm³/mol. The van der Waals surface area contributed by atoms with E-state index in [2.05, 4.69) is 11.9 Å². The third kappa shape index (κ3) is 2.93. The fourth-order valence-corrected chi connectivity index (χ4v) is 1.71. The average Bonchev–Trinajstić information content (AvgIpc) is 2.31. The van der Waals surface area contributed by atoms with Crippen molar-refractivity contribution in [2.45, 2.75) is 32.3 Å². The van der Waals surface area contributed by atoms with Crippen molar-refractivity contribution in [2.75, 3.05) is 13.2 Å². The monoisotopic (exact) mass is 207 g/mol. The normalized spacial score (nSPS) is 17.7. The minimum absolute atomic E-state index is 0.311. The minimum atomic E-state index is 0.311. The summed E-state index contributed by atoms with van der Waals surface area (Å²) in [6.07, 6.45) is 5.05. The number of aromatic nitrogens is 1. The number of ether oxygens (including phenoxy) is 2. The molecular formula is C12H17NO2. The van der Waals surface area contributed by atoms with Crippen molar-refractivity contribution >= 4 is 0 Å². The Hall–Kier alpha value is -1.09. The summed E-state index contributed by atoms with van der Waals surface area (Å²) in [7, 11) is 0. The quantitative estimate of drug-likeness (QED) is 0.761. The molecule has 1 aliphatic heterocycles. The summed E-state index contributed by atoms with van der Waals surface area (Å²) < 4.78 is 11.2. The summed E-state index contributed by atoms with van der Waals surface area (Å²) in [4.78, 5) is 4.25. The third-order valence-electron chi connectivity index (χ3n) is 2.62. The van der Waals surface area contributed by atoms with E-state index in [-0.39, 0.29) is 0 Å². The second-order valence-corrected chi connectivity index (χ2v) is 3.77.